The van der Waals surface area contributed by atoms with Gasteiger partial charge < -0.3 is 4.74 Å². The number of hydrogen-bond acceptors (Lipinski definition) is 4. The molecule has 0 spiro atoms. The van der Waals surface area contributed by atoms with Gasteiger partial charge in [0.25, 0.3) is 0 Å². The lowest BCUT2D eigenvalue weighted by Gasteiger charge is -2.16. The van der Waals surface area contributed by atoms with Crippen molar-refractivity contribution in [2.24, 2.45) is 0 Å². The monoisotopic (exact) mass is 227 g/mol. The van der Waals surface area contributed by atoms with Crippen molar-refractivity contribution in [3.05, 3.63) is 42.0 Å². The van der Waals surface area contributed by atoms with E-state index in [0.717, 1.165) is 16.9 Å². The largest absolute Gasteiger partial charge is 0.459 e. The minimum atomic E-state index is 0.419. The summed E-state index contributed by atoms with van der Waals surface area (Å²) in [7, 11) is 0. The van der Waals surface area contributed by atoms with E-state index in [0.29, 0.717) is 12.7 Å². The van der Waals surface area contributed by atoms with Crippen LogP contribution < -0.4 is 4.74 Å². The topological polar surface area (TPSA) is 50.9 Å². The van der Waals surface area contributed by atoms with E-state index in [-0.39, 0.29) is 0 Å². The maximum Gasteiger partial charge on any atom is 0.438 e. The Hall–Kier alpha value is -2.30. The lowest BCUT2D eigenvalue weighted by molar-refractivity contribution is -0.483. The van der Waals surface area contributed by atoms with E-state index in [9.17, 15) is 0 Å². The average molecular weight is 227 g/mol. The number of nitrogens with zero attached hydrogens (tertiary/aromatic N) is 4. The molecular weight excluding hydrogens is 216 g/mol. The van der Waals surface area contributed by atoms with E-state index in [2.05, 4.69) is 15.0 Å². The third kappa shape index (κ3) is 1.75. The van der Waals surface area contributed by atoms with Crippen LogP contribution in [0.1, 0.15) is 11.1 Å². The number of para-hydroxylation sites is 1. The summed E-state index contributed by atoms with van der Waals surface area (Å²) >= 11 is 0. The molecule has 1 aliphatic heterocycles. The first kappa shape index (κ1) is 9.89. The molecule has 0 atom stereocenters. The Bertz CT molecular complexity index is 580. The number of benzene rings is 1. The van der Waals surface area contributed by atoms with Gasteiger partial charge in [-0.3, -0.25) is 0 Å². The summed E-state index contributed by atoms with van der Waals surface area (Å²) in [5.41, 5.74) is 2.17. The maximum atomic E-state index is 5.72. The van der Waals surface area contributed by atoms with Crippen molar-refractivity contribution in [2.75, 3.05) is 6.73 Å². The highest BCUT2D eigenvalue weighted by Gasteiger charge is 2.19. The Balaban J connectivity index is 2.07. The lowest BCUT2D eigenvalue weighted by Crippen LogP contribution is -2.22. The second-order valence-electron chi connectivity index (χ2n) is 3.80. The number of aromatic nitrogens is 3. The van der Waals surface area contributed by atoms with Gasteiger partial charge in [-0.1, -0.05) is 22.1 Å². The van der Waals surface area contributed by atoms with Crippen LogP contribution in [-0.4, -0.2) is 32.5 Å². The van der Waals surface area contributed by atoms with Crippen LogP contribution in [0.5, 0.6) is 5.75 Å². The molecule has 0 radical (unpaired) electrons. The maximum absolute atomic E-state index is 5.72. The van der Waals surface area contributed by atoms with Crippen LogP contribution in [0.15, 0.2) is 30.9 Å². The summed E-state index contributed by atoms with van der Waals surface area (Å²) in [5.74, 6) is 1.52. The molecule has 1 aromatic carbocycles. The molecular formula is C12H11N4O+. The molecule has 1 aromatic heterocycles. The zero-order valence-electron chi connectivity index (χ0n) is 9.37. The van der Waals surface area contributed by atoms with Gasteiger partial charge in [-0.05, 0) is 18.6 Å². The summed E-state index contributed by atoms with van der Waals surface area (Å²) in [6, 6.07) is 6.05. The van der Waals surface area contributed by atoms with Crippen molar-refractivity contribution in [2.45, 2.75) is 6.92 Å². The molecule has 3 rings (SSSR count). The first-order valence-electron chi connectivity index (χ1n) is 5.30. The summed E-state index contributed by atoms with van der Waals surface area (Å²) in [4.78, 5) is 12.0. The summed E-state index contributed by atoms with van der Waals surface area (Å²) < 4.78 is 7.57. The molecule has 0 saturated heterocycles. The smallest absolute Gasteiger partial charge is 0.438 e. The van der Waals surface area contributed by atoms with Gasteiger partial charge >= 0.3 is 5.95 Å². The Morgan fingerprint density at radius 2 is 2.06 bits per heavy atom. The normalized spacial score (nSPS) is 13.6. The highest BCUT2D eigenvalue weighted by molar-refractivity contribution is 5.81. The second-order valence-corrected chi connectivity index (χ2v) is 3.80. The van der Waals surface area contributed by atoms with Gasteiger partial charge in [0.05, 0.1) is 6.21 Å². The fourth-order valence-corrected chi connectivity index (χ4v) is 1.81. The summed E-state index contributed by atoms with van der Waals surface area (Å²) in [6.07, 6.45) is 4.94. The molecule has 0 fully saturated rings. The number of aryl methyl sites for hydroxylation is 1. The van der Waals surface area contributed by atoms with Crippen molar-refractivity contribution in [3.63, 3.8) is 0 Å². The molecule has 5 nitrogen and oxygen atoms in total. The predicted octanol–water partition coefficient (Wildman–Crippen LogP) is 1.29. The predicted molar refractivity (Wildman–Crippen MR) is 61.6 cm³/mol. The van der Waals surface area contributed by atoms with Crippen molar-refractivity contribution in [1.82, 2.24) is 15.0 Å². The van der Waals surface area contributed by atoms with Crippen molar-refractivity contribution >= 4 is 12.2 Å². The van der Waals surface area contributed by atoms with Crippen LogP contribution in [0.3, 0.4) is 0 Å². The fourth-order valence-electron chi connectivity index (χ4n) is 1.81. The SMILES string of the molecule is Cc1cccc2c1OC[N+](c1ncncn1)=C2. The van der Waals surface area contributed by atoms with E-state index in [1.165, 1.54) is 12.7 Å². The van der Waals surface area contributed by atoms with Crippen LogP contribution >= 0.6 is 0 Å². The highest BCUT2D eigenvalue weighted by atomic mass is 16.5. The van der Waals surface area contributed by atoms with Gasteiger partial charge in [-0.2, -0.15) is 9.56 Å². The Morgan fingerprint density at radius 3 is 2.88 bits per heavy atom. The third-order valence-corrected chi connectivity index (χ3v) is 2.62. The zero-order chi connectivity index (χ0) is 11.7. The first-order chi connectivity index (χ1) is 8.34. The Labute approximate surface area is 98.5 Å². The third-order valence-electron chi connectivity index (χ3n) is 2.62. The van der Waals surface area contributed by atoms with Gasteiger partial charge in [-0.25, -0.2) is 0 Å². The Kier molecular flexibility index (Phi) is 2.29. The van der Waals surface area contributed by atoms with E-state index in [1.54, 1.807) is 0 Å². The van der Waals surface area contributed by atoms with Crippen LogP contribution in [0, 0.1) is 6.92 Å². The number of fused-ring (bicyclic) bond motifs is 1. The quantitative estimate of drug-likeness (QED) is 0.689. The lowest BCUT2D eigenvalue weighted by atomic mass is 10.1. The summed E-state index contributed by atoms with van der Waals surface area (Å²) in [6.45, 7) is 2.45. The molecule has 0 unspecified atom stereocenters. The van der Waals surface area contributed by atoms with Crippen molar-refractivity contribution in [3.8, 4) is 5.75 Å². The van der Waals surface area contributed by atoms with Crippen LogP contribution in [0.2, 0.25) is 0 Å². The molecule has 0 saturated carbocycles. The number of hydrogen-bond donors (Lipinski definition) is 0. The molecule has 1 aliphatic rings. The molecule has 84 valence electrons. The molecule has 0 bridgehead atoms. The molecule has 0 N–H and O–H groups in total. The van der Waals surface area contributed by atoms with E-state index < -0.39 is 0 Å². The highest BCUT2D eigenvalue weighted by Crippen LogP contribution is 2.25. The van der Waals surface area contributed by atoms with Crippen LogP contribution in [-0.2, 0) is 0 Å². The van der Waals surface area contributed by atoms with Crippen LogP contribution in [0.4, 0.5) is 5.95 Å². The molecule has 5 heteroatoms. The zero-order valence-corrected chi connectivity index (χ0v) is 9.37. The van der Waals surface area contributed by atoms with E-state index in [4.69, 9.17) is 4.74 Å². The average Bonchev–Trinajstić information content (AvgIpc) is 2.40. The van der Waals surface area contributed by atoms with Gasteiger partial charge in [0.1, 0.15) is 5.75 Å². The minimum absolute atomic E-state index is 0.419. The second kappa shape index (κ2) is 3.93. The molecule has 0 amide bonds. The molecule has 2 heterocycles. The standard InChI is InChI=1S/C12H11N4O/c1-9-3-2-4-10-5-16(8-17-11(9)10)12-14-6-13-7-15-12/h2-7H,8H2,1H3/q+1. The van der Waals surface area contributed by atoms with Gasteiger partial charge in [-0.15, -0.1) is 0 Å². The molecule has 2 aromatic rings. The van der Waals surface area contributed by atoms with Gasteiger partial charge in [0.15, 0.2) is 12.7 Å². The number of ether oxygens (including phenoxy) is 1. The number of rotatable bonds is 1. The minimum Gasteiger partial charge on any atom is -0.459 e. The molecule has 17 heavy (non-hydrogen) atoms. The van der Waals surface area contributed by atoms with Crippen LogP contribution in [0.25, 0.3) is 0 Å². The van der Waals surface area contributed by atoms with Crippen molar-refractivity contribution < 1.29 is 9.31 Å². The van der Waals surface area contributed by atoms with E-state index >= 15 is 0 Å². The molecule has 0 aliphatic carbocycles. The van der Waals surface area contributed by atoms with Gasteiger partial charge in [0, 0.05) is 5.56 Å². The van der Waals surface area contributed by atoms with E-state index in [1.807, 2.05) is 35.9 Å². The summed E-state index contributed by atoms with van der Waals surface area (Å²) in [5, 5.41) is 0. The fraction of sp³-hybridized carbons (Fsp3) is 0.167. The Morgan fingerprint density at radius 1 is 1.24 bits per heavy atom. The van der Waals surface area contributed by atoms with Gasteiger partial charge in [0.2, 0.25) is 6.73 Å². The first-order valence-corrected chi connectivity index (χ1v) is 5.30. The van der Waals surface area contributed by atoms with Crippen molar-refractivity contribution in [1.29, 1.82) is 0 Å².